The Bertz CT molecular complexity index is 1160. The van der Waals surface area contributed by atoms with E-state index in [1.165, 1.54) is 0 Å². The molecule has 0 amide bonds. The number of para-hydroxylation sites is 3. The molecule has 2 heterocycles. The Morgan fingerprint density at radius 3 is 2.72 bits per heavy atom. The van der Waals surface area contributed by atoms with Crippen LogP contribution >= 0.6 is 0 Å². The summed E-state index contributed by atoms with van der Waals surface area (Å²) in [5.74, 6) is 0.542. The van der Waals surface area contributed by atoms with Gasteiger partial charge in [0.25, 0.3) is 0 Å². The van der Waals surface area contributed by atoms with Crippen LogP contribution in [-0.4, -0.2) is 14.5 Å². The van der Waals surface area contributed by atoms with Gasteiger partial charge in [0.05, 0.1) is 22.7 Å². The molecular weight excluding hydrogens is 310 g/mol. The van der Waals surface area contributed by atoms with Gasteiger partial charge >= 0.3 is 0 Å². The smallest absolute Gasteiger partial charge is 0.149 e. The highest BCUT2D eigenvalue weighted by Crippen LogP contribution is 2.26. The first kappa shape index (κ1) is 14.7. The van der Waals surface area contributed by atoms with Crippen molar-refractivity contribution in [3.05, 3.63) is 66.1 Å². The molecule has 5 nitrogen and oxygen atoms in total. The van der Waals surface area contributed by atoms with Crippen LogP contribution in [0.25, 0.3) is 33.6 Å². The van der Waals surface area contributed by atoms with E-state index in [9.17, 15) is 5.26 Å². The quantitative estimate of drug-likeness (QED) is 0.576. The molecule has 4 aromatic rings. The number of hydrogen-bond acceptors (Lipinski definition) is 3. The van der Waals surface area contributed by atoms with Crippen LogP contribution in [-0.2, 0) is 6.54 Å². The third-order valence-corrected chi connectivity index (χ3v) is 4.13. The van der Waals surface area contributed by atoms with Crippen LogP contribution in [0, 0.1) is 22.7 Å². The van der Waals surface area contributed by atoms with Crippen LogP contribution in [0.1, 0.15) is 11.4 Å². The molecule has 0 atom stereocenters. The summed E-state index contributed by atoms with van der Waals surface area (Å²) in [5, 5.41) is 19.6. The molecule has 4 rings (SSSR count). The summed E-state index contributed by atoms with van der Waals surface area (Å²) in [6.07, 6.45) is 3.71. The normalized spacial score (nSPS) is 11.5. The van der Waals surface area contributed by atoms with E-state index in [4.69, 9.17) is 5.26 Å². The second kappa shape index (κ2) is 5.99. The summed E-state index contributed by atoms with van der Waals surface area (Å²) in [6, 6.07) is 19.9. The third-order valence-electron chi connectivity index (χ3n) is 4.13. The van der Waals surface area contributed by atoms with Crippen molar-refractivity contribution in [1.29, 1.82) is 10.5 Å². The monoisotopic (exact) mass is 323 g/mol. The highest BCUT2D eigenvalue weighted by Gasteiger charge is 2.11. The number of nitriles is 2. The first-order valence-electron chi connectivity index (χ1n) is 7.82. The van der Waals surface area contributed by atoms with Gasteiger partial charge in [-0.15, -0.1) is 0 Å². The standard InChI is InChI=1S/C20H13N5/c21-9-10-25-13-15(16-5-1-4-8-19(16)25)11-14(12-22)20-23-17-6-2-3-7-18(17)24-20/h1-8,11,13H,10H2,(H,23,24). The molecule has 2 aromatic carbocycles. The molecule has 2 aromatic heterocycles. The maximum absolute atomic E-state index is 9.61. The summed E-state index contributed by atoms with van der Waals surface area (Å²) in [4.78, 5) is 7.68. The van der Waals surface area contributed by atoms with Crippen molar-refractivity contribution in [1.82, 2.24) is 14.5 Å². The van der Waals surface area contributed by atoms with E-state index in [0.717, 1.165) is 27.5 Å². The topological polar surface area (TPSA) is 81.2 Å². The lowest BCUT2D eigenvalue weighted by molar-refractivity contribution is 0.873. The molecular formula is C20H13N5. The molecule has 0 spiro atoms. The Balaban J connectivity index is 1.87. The molecule has 118 valence electrons. The van der Waals surface area contributed by atoms with Crippen LogP contribution in [0.3, 0.4) is 0 Å². The first-order valence-corrected chi connectivity index (χ1v) is 7.82. The largest absolute Gasteiger partial charge is 0.337 e. The number of fused-ring (bicyclic) bond motifs is 2. The van der Waals surface area contributed by atoms with Gasteiger partial charge in [0.15, 0.2) is 0 Å². The summed E-state index contributed by atoms with van der Waals surface area (Å²) < 4.78 is 1.88. The van der Waals surface area contributed by atoms with Gasteiger partial charge in [0.2, 0.25) is 0 Å². The van der Waals surface area contributed by atoms with Gasteiger partial charge in [-0.05, 0) is 24.3 Å². The molecule has 0 saturated carbocycles. The SMILES string of the molecule is N#CCn1cc(C=C(C#N)c2nc3ccccc3[nH]2)c2ccccc21. The van der Waals surface area contributed by atoms with Crippen molar-refractivity contribution in [2.75, 3.05) is 0 Å². The average Bonchev–Trinajstić information content (AvgIpc) is 3.22. The molecule has 25 heavy (non-hydrogen) atoms. The number of allylic oxidation sites excluding steroid dienone is 1. The van der Waals surface area contributed by atoms with E-state index in [-0.39, 0.29) is 6.54 Å². The minimum Gasteiger partial charge on any atom is -0.337 e. The van der Waals surface area contributed by atoms with Crippen molar-refractivity contribution in [2.45, 2.75) is 6.54 Å². The molecule has 0 fully saturated rings. The average molecular weight is 323 g/mol. The summed E-state index contributed by atoms with van der Waals surface area (Å²) in [5.41, 5.74) is 4.03. The number of imidazole rings is 1. The summed E-state index contributed by atoms with van der Waals surface area (Å²) >= 11 is 0. The van der Waals surface area contributed by atoms with Crippen LogP contribution < -0.4 is 0 Å². The van der Waals surface area contributed by atoms with E-state index >= 15 is 0 Å². The van der Waals surface area contributed by atoms with E-state index in [2.05, 4.69) is 22.1 Å². The lowest BCUT2D eigenvalue weighted by Crippen LogP contribution is -1.91. The van der Waals surface area contributed by atoms with Crippen molar-refractivity contribution in [3.63, 3.8) is 0 Å². The summed E-state index contributed by atoms with van der Waals surface area (Å²) in [6.45, 7) is 0.265. The van der Waals surface area contributed by atoms with Gasteiger partial charge in [-0.25, -0.2) is 4.98 Å². The van der Waals surface area contributed by atoms with Crippen molar-refractivity contribution in [3.8, 4) is 12.1 Å². The maximum Gasteiger partial charge on any atom is 0.149 e. The zero-order valence-corrected chi connectivity index (χ0v) is 13.3. The van der Waals surface area contributed by atoms with Gasteiger partial charge < -0.3 is 9.55 Å². The van der Waals surface area contributed by atoms with Crippen molar-refractivity contribution in [2.24, 2.45) is 0 Å². The van der Waals surface area contributed by atoms with E-state index in [1.54, 1.807) is 0 Å². The fourth-order valence-corrected chi connectivity index (χ4v) is 2.99. The van der Waals surface area contributed by atoms with E-state index < -0.39 is 0 Å². The van der Waals surface area contributed by atoms with Crippen LogP contribution in [0.15, 0.2) is 54.7 Å². The van der Waals surface area contributed by atoms with Gasteiger partial charge in [-0.3, -0.25) is 0 Å². The van der Waals surface area contributed by atoms with Crippen LogP contribution in [0.4, 0.5) is 0 Å². The van der Waals surface area contributed by atoms with E-state index in [0.29, 0.717) is 11.4 Å². The molecule has 0 bridgehead atoms. The fourth-order valence-electron chi connectivity index (χ4n) is 2.99. The maximum atomic E-state index is 9.61. The Kier molecular flexibility index (Phi) is 3.53. The molecule has 0 saturated heterocycles. The van der Waals surface area contributed by atoms with Gasteiger partial charge in [-0.1, -0.05) is 30.3 Å². The number of hydrogen-bond donors (Lipinski definition) is 1. The second-order valence-corrected chi connectivity index (χ2v) is 5.66. The van der Waals surface area contributed by atoms with Crippen LogP contribution in [0.2, 0.25) is 0 Å². The predicted octanol–water partition coefficient (Wildman–Crippen LogP) is 4.11. The lowest BCUT2D eigenvalue weighted by atomic mass is 10.1. The highest BCUT2D eigenvalue weighted by molar-refractivity contribution is 5.98. The zero-order valence-electron chi connectivity index (χ0n) is 13.3. The Hall–Kier alpha value is -3.83. The van der Waals surface area contributed by atoms with E-state index in [1.807, 2.05) is 65.4 Å². The van der Waals surface area contributed by atoms with Crippen molar-refractivity contribution >= 4 is 33.6 Å². The van der Waals surface area contributed by atoms with Gasteiger partial charge in [0.1, 0.15) is 18.4 Å². The minimum atomic E-state index is 0.265. The lowest BCUT2D eigenvalue weighted by Gasteiger charge is -1.96. The Morgan fingerprint density at radius 2 is 1.92 bits per heavy atom. The highest BCUT2D eigenvalue weighted by atomic mass is 15.0. The third kappa shape index (κ3) is 2.54. The molecule has 0 aliphatic heterocycles. The molecule has 0 aliphatic rings. The molecule has 1 N–H and O–H groups in total. The van der Waals surface area contributed by atoms with Gasteiger partial charge in [0, 0.05) is 22.7 Å². The van der Waals surface area contributed by atoms with Crippen molar-refractivity contribution < 1.29 is 0 Å². The summed E-state index contributed by atoms with van der Waals surface area (Å²) in [7, 11) is 0. The number of benzene rings is 2. The molecule has 0 unspecified atom stereocenters. The number of rotatable bonds is 3. The number of nitrogens with one attached hydrogen (secondary N) is 1. The van der Waals surface area contributed by atoms with Crippen LogP contribution in [0.5, 0.6) is 0 Å². The van der Waals surface area contributed by atoms with Gasteiger partial charge in [-0.2, -0.15) is 10.5 Å². The first-order chi connectivity index (χ1) is 12.3. The number of aromatic amines is 1. The second-order valence-electron chi connectivity index (χ2n) is 5.66. The molecule has 5 heteroatoms. The Morgan fingerprint density at radius 1 is 1.12 bits per heavy atom. The molecule has 0 radical (unpaired) electrons. The fraction of sp³-hybridized carbons (Fsp3) is 0.0500. The number of H-pyrrole nitrogens is 1. The zero-order chi connectivity index (χ0) is 17.2. The molecule has 0 aliphatic carbocycles. The predicted molar refractivity (Wildman–Crippen MR) is 97.1 cm³/mol. The number of nitrogens with zero attached hydrogens (tertiary/aromatic N) is 4. The Labute approximate surface area is 144 Å². The minimum absolute atomic E-state index is 0.265. The number of aromatic nitrogens is 3.